The van der Waals surface area contributed by atoms with Crippen LogP contribution in [0, 0.1) is 23.7 Å². The topological polar surface area (TPSA) is 52.6 Å². The fraction of sp³-hybridized carbons (Fsp3) is 0.529. The third kappa shape index (κ3) is 2.36. The van der Waals surface area contributed by atoms with Gasteiger partial charge < -0.3 is 9.47 Å². The first-order valence-electron chi connectivity index (χ1n) is 7.89. The van der Waals surface area contributed by atoms with Crippen molar-refractivity contribution in [3.63, 3.8) is 0 Å². The molecular weight excluding hydrogens is 336 g/mol. The lowest BCUT2D eigenvalue weighted by molar-refractivity contribution is -0.155. The second-order valence-corrected chi connectivity index (χ2v) is 7.99. The van der Waals surface area contributed by atoms with Gasteiger partial charge in [0.15, 0.2) is 0 Å². The van der Waals surface area contributed by atoms with Crippen LogP contribution in [-0.4, -0.2) is 29.9 Å². The Morgan fingerprint density at radius 3 is 2.78 bits per heavy atom. The van der Waals surface area contributed by atoms with E-state index in [-0.39, 0.29) is 47.0 Å². The van der Waals surface area contributed by atoms with Gasteiger partial charge in [-0.2, -0.15) is 0 Å². The predicted molar refractivity (Wildman–Crippen MR) is 86.2 cm³/mol. The Balaban J connectivity index is 1.60. The molecule has 0 radical (unpaired) electrons. The number of thioether (sulfide) groups is 1. The van der Waals surface area contributed by atoms with Crippen LogP contribution >= 0.6 is 23.4 Å². The summed E-state index contributed by atoms with van der Waals surface area (Å²) in [5, 5.41) is 0.803. The maximum atomic E-state index is 12.4. The van der Waals surface area contributed by atoms with Gasteiger partial charge in [0.05, 0.1) is 23.7 Å². The Morgan fingerprint density at radius 1 is 1.35 bits per heavy atom. The van der Waals surface area contributed by atoms with E-state index in [1.807, 2.05) is 24.3 Å². The van der Waals surface area contributed by atoms with Gasteiger partial charge in [-0.3, -0.25) is 9.59 Å². The average Bonchev–Trinajstić information content (AvgIpc) is 3.13. The molecule has 2 saturated carbocycles. The molecule has 2 aliphatic carbocycles. The van der Waals surface area contributed by atoms with Gasteiger partial charge in [-0.1, -0.05) is 11.6 Å². The lowest BCUT2D eigenvalue weighted by atomic mass is 9.80. The number of carbonyl (C=O) groups excluding carboxylic acids is 2. The fourth-order valence-electron chi connectivity index (χ4n) is 4.38. The summed E-state index contributed by atoms with van der Waals surface area (Å²) in [7, 11) is 0. The number of ether oxygens (including phenoxy) is 2. The highest BCUT2D eigenvalue weighted by molar-refractivity contribution is 8.00. The number of fused-ring (bicyclic) bond motifs is 1. The molecule has 1 aromatic rings. The van der Waals surface area contributed by atoms with Crippen LogP contribution in [0.1, 0.15) is 13.3 Å². The molecule has 23 heavy (non-hydrogen) atoms. The molecule has 6 heteroatoms. The predicted octanol–water partition coefficient (Wildman–Crippen LogP) is 3.17. The van der Waals surface area contributed by atoms with Crippen molar-refractivity contribution in [3.8, 4) is 0 Å². The van der Waals surface area contributed by atoms with Crippen molar-refractivity contribution in [3.05, 3.63) is 29.3 Å². The lowest BCUT2D eigenvalue weighted by Gasteiger charge is -2.30. The summed E-state index contributed by atoms with van der Waals surface area (Å²) in [6.07, 6.45) is 0.791. The smallest absolute Gasteiger partial charge is 0.310 e. The number of rotatable bonds is 4. The number of hydrogen-bond donors (Lipinski definition) is 0. The van der Waals surface area contributed by atoms with Crippen molar-refractivity contribution in [2.45, 2.75) is 29.6 Å². The SMILES string of the molecule is CCOC(=O)[C@@H]1[C@H]2C[C@H]3[C@H](OC(=O)[C@@H]31)[C@@H]2Sc1ccc(Cl)cc1. The first-order chi connectivity index (χ1) is 11.1. The van der Waals surface area contributed by atoms with E-state index in [4.69, 9.17) is 21.1 Å². The third-order valence-corrected chi connectivity index (χ3v) is 6.88. The second kappa shape index (κ2) is 5.71. The molecule has 3 aliphatic rings. The monoisotopic (exact) mass is 352 g/mol. The van der Waals surface area contributed by atoms with E-state index in [1.165, 1.54) is 0 Å². The number of carbonyl (C=O) groups is 2. The molecule has 1 heterocycles. The third-order valence-electron chi connectivity index (χ3n) is 5.19. The van der Waals surface area contributed by atoms with Crippen molar-refractivity contribution in [2.75, 3.05) is 6.61 Å². The fourth-order valence-corrected chi connectivity index (χ4v) is 5.96. The van der Waals surface area contributed by atoms with Crippen LogP contribution < -0.4 is 0 Å². The summed E-state index contributed by atoms with van der Waals surface area (Å²) in [6.45, 7) is 2.13. The van der Waals surface area contributed by atoms with Crippen molar-refractivity contribution >= 4 is 35.3 Å². The summed E-state index contributed by atoms with van der Waals surface area (Å²) < 4.78 is 10.8. The van der Waals surface area contributed by atoms with Crippen LogP contribution in [0.3, 0.4) is 0 Å². The molecule has 4 rings (SSSR count). The summed E-state index contributed by atoms with van der Waals surface area (Å²) in [5.74, 6) is -0.821. The molecule has 0 aromatic heterocycles. The number of hydrogen-bond acceptors (Lipinski definition) is 5. The molecule has 2 bridgehead atoms. The van der Waals surface area contributed by atoms with Gasteiger partial charge in [0.2, 0.25) is 0 Å². The molecule has 122 valence electrons. The van der Waals surface area contributed by atoms with Crippen LogP contribution in [0.2, 0.25) is 5.02 Å². The van der Waals surface area contributed by atoms with E-state index < -0.39 is 0 Å². The molecule has 3 fully saturated rings. The van der Waals surface area contributed by atoms with Crippen molar-refractivity contribution < 1.29 is 19.1 Å². The number of benzene rings is 1. The van der Waals surface area contributed by atoms with E-state index >= 15 is 0 Å². The zero-order valence-electron chi connectivity index (χ0n) is 12.6. The zero-order valence-corrected chi connectivity index (χ0v) is 14.2. The van der Waals surface area contributed by atoms with Crippen LogP contribution in [0.4, 0.5) is 0 Å². The molecule has 1 aliphatic heterocycles. The molecule has 0 N–H and O–H groups in total. The quantitative estimate of drug-likeness (QED) is 0.779. The van der Waals surface area contributed by atoms with Crippen LogP contribution in [-0.2, 0) is 19.1 Å². The van der Waals surface area contributed by atoms with E-state index in [9.17, 15) is 9.59 Å². The number of halogens is 1. The minimum atomic E-state index is -0.351. The van der Waals surface area contributed by atoms with E-state index in [0.29, 0.717) is 11.6 Å². The largest absolute Gasteiger partial charge is 0.466 e. The Labute approximate surface area is 143 Å². The van der Waals surface area contributed by atoms with Gasteiger partial charge in [-0.05, 0) is 43.5 Å². The molecule has 1 saturated heterocycles. The van der Waals surface area contributed by atoms with E-state index in [1.54, 1.807) is 18.7 Å². The number of esters is 2. The first kappa shape index (κ1) is 15.3. The summed E-state index contributed by atoms with van der Waals surface area (Å²) in [5.41, 5.74) is 0. The maximum Gasteiger partial charge on any atom is 0.310 e. The highest BCUT2D eigenvalue weighted by atomic mass is 35.5. The Hall–Kier alpha value is -1.20. The normalized spacial score (nSPS) is 37.0. The summed E-state index contributed by atoms with van der Waals surface area (Å²) >= 11 is 7.61. The standard InChI is InChI=1S/C17H17ClO4S/c1-2-21-16(19)13-11-7-10-12(13)17(20)22-14(10)15(11)23-9-5-3-8(18)4-6-9/h3-6,10-15H,2,7H2,1H3/t10-,11-,12+,13-,14+,15-/m1/s1. The molecular formula is C17H17ClO4S. The molecule has 1 aromatic carbocycles. The maximum absolute atomic E-state index is 12.4. The van der Waals surface area contributed by atoms with Crippen LogP contribution in [0.25, 0.3) is 0 Å². The second-order valence-electron chi connectivity index (χ2n) is 6.30. The lowest BCUT2D eigenvalue weighted by Crippen LogP contribution is -2.40. The minimum absolute atomic E-state index is 0.0798. The molecule has 0 unspecified atom stereocenters. The molecule has 4 nitrogen and oxygen atoms in total. The van der Waals surface area contributed by atoms with Gasteiger partial charge in [-0.15, -0.1) is 11.8 Å². The first-order valence-corrected chi connectivity index (χ1v) is 9.15. The summed E-state index contributed by atoms with van der Waals surface area (Å²) in [4.78, 5) is 25.6. The Morgan fingerprint density at radius 2 is 2.09 bits per heavy atom. The molecule has 6 atom stereocenters. The molecule has 0 spiro atoms. The van der Waals surface area contributed by atoms with Gasteiger partial charge in [-0.25, -0.2) is 0 Å². The highest BCUT2D eigenvalue weighted by Crippen LogP contribution is 2.61. The van der Waals surface area contributed by atoms with Crippen LogP contribution in [0.15, 0.2) is 29.2 Å². The van der Waals surface area contributed by atoms with Crippen LogP contribution in [0.5, 0.6) is 0 Å². The summed E-state index contributed by atoms with van der Waals surface area (Å²) in [6, 6.07) is 7.63. The van der Waals surface area contributed by atoms with Gasteiger partial charge in [0.25, 0.3) is 0 Å². The Kier molecular flexibility index (Phi) is 3.81. The van der Waals surface area contributed by atoms with Crippen molar-refractivity contribution in [1.82, 2.24) is 0 Å². The van der Waals surface area contributed by atoms with E-state index in [0.717, 1.165) is 11.3 Å². The minimum Gasteiger partial charge on any atom is -0.466 e. The van der Waals surface area contributed by atoms with Crippen molar-refractivity contribution in [1.29, 1.82) is 0 Å². The highest BCUT2D eigenvalue weighted by Gasteiger charge is 2.68. The average molecular weight is 353 g/mol. The Bertz CT molecular complexity index is 646. The zero-order chi connectivity index (χ0) is 16.1. The van der Waals surface area contributed by atoms with Crippen molar-refractivity contribution in [2.24, 2.45) is 23.7 Å². The molecule has 0 amide bonds. The van der Waals surface area contributed by atoms with Gasteiger partial charge in [0.1, 0.15) is 6.10 Å². The van der Waals surface area contributed by atoms with Gasteiger partial charge >= 0.3 is 11.9 Å². The van der Waals surface area contributed by atoms with E-state index in [2.05, 4.69) is 0 Å². The van der Waals surface area contributed by atoms with Gasteiger partial charge in [0, 0.05) is 15.8 Å².